The quantitative estimate of drug-likeness (QED) is 0.889. The summed E-state index contributed by atoms with van der Waals surface area (Å²) in [5.74, 6) is 1.44. The Morgan fingerprint density at radius 1 is 1.17 bits per heavy atom. The van der Waals surface area contributed by atoms with E-state index in [1.807, 2.05) is 11.3 Å². The normalized spacial score (nSPS) is 24.6. The third-order valence-corrected chi connectivity index (χ3v) is 5.31. The zero-order valence-electron chi connectivity index (χ0n) is 10.5. The number of rotatable bonds is 2. The summed E-state index contributed by atoms with van der Waals surface area (Å²) in [6.45, 7) is 2.30. The molecule has 1 unspecified atom stereocenters. The van der Waals surface area contributed by atoms with E-state index in [4.69, 9.17) is 4.98 Å². The number of aromatic nitrogens is 1. The molecule has 1 aromatic heterocycles. The summed E-state index contributed by atoms with van der Waals surface area (Å²) < 4.78 is 1.39. The molecule has 2 aliphatic rings. The minimum Gasteiger partial charge on any atom is -0.316 e. The van der Waals surface area contributed by atoms with Crippen LogP contribution < -0.4 is 5.32 Å². The van der Waals surface area contributed by atoms with Gasteiger partial charge in [0.25, 0.3) is 0 Å². The molecule has 94 valence electrons. The molecule has 2 aromatic rings. The van der Waals surface area contributed by atoms with Crippen LogP contribution in [0, 0.1) is 0 Å². The second-order valence-corrected chi connectivity index (χ2v) is 6.63. The second kappa shape index (κ2) is 4.32. The Morgan fingerprint density at radius 3 is 2.89 bits per heavy atom. The zero-order valence-corrected chi connectivity index (χ0v) is 11.3. The minimum atomic E-state index is 0.664. The van der Waals surface area contributed by atoms with Gasteiger partial charge in [-0.1, -0.05) is 12.1 Å². The molecule has 1 aromatic carbocycles. The van der Waals surface area contributed by atoms with E-state index in [1.165, 1.54) is 53.0 Å². The van der Waals surface area contributed by atoms with Crippen molar-refractivity contribution in [2.45, 2.75) is 37.5 Å². The number of fused-ring (bicyclic) bond motifs is 1. The van der Waals surface area contributed by atoms with Crippen LogP contribution in [-0.2, 0) is 0 Å². The Labute approximate surface area is 111 Å². The van der Waals surface area contributed by atoms with Crippen molar-refractivity contribution in [1.29, 1.82) is 0 Å². The highest BCUT2D eigenvalue weighted by Gasteiger charge is 2.28. The van der Waals surface area contributed by atoms with Crippen molar-refractivity contribution in [2.24, 2.45) is 0 Å². The molecule has 0 spiro atoms. The van der Waals surface area contributed by atoms with Crippen LogP contribution in [0.4, 0.5) is 0 Å². The van der Waals surface area contributed by atoms with E-state index in [-0.39, 0.29) is 0 Å². The molecule has 1 aliphatic heterocycles. The van der Waals surface area contributed by atoms with Gasteiger partial charge in [0.05, 0.1) is 15.2 Å². The Morgan fingerprint density at radius 2 is 2.11 bits per heavy atom. The summed E-state index contributed by atoms with van der Waals surface area (Å²) in [6, 6.07) is 6.73. The fourth-order valence-corrected chi connectivity index (χ4v) is 4.11. The smallest absolute Gasteiger partial charge is 0.0969 e. The number of hydrogen-bond donors (Lipinski definition) is 1. The van der Waals surface area contributed by atoms with E-state index in [0.29, 0.717) is 5.92 Å². The van der Waals surface area contributed by atoms with Crippen LogP contribution in [0.3, 0.4) is 0 Å². The number of piperidine rings is 1. The largest absolute Gasteiger partial charge is 0.316 e. The molecule has 0 radical (unpaired) electrons. The van der Waals surface area contributed by atoms with E-state index in [0.717, 1.165) is 12.5 Å². The van der Waals surface area contributed by atoms with Gasteiger partial charge in [-0.25, -0.2) is 4.98 Å². The van der Waals surface area contributed by atoms with Crippen LogP contribution >= 0.6 is 11.3 Å². The SMILES string of the molecule is c1cc(C2CCCNC2)c2nc(C3CC3)sc2c1. The monoisotopic (exact) mass is 258 g/mol. The van der Waals surface area contributed by atoms with Crippen LogP contribution in [0.5, 0.6) is 0 Å². The topological polar surface area (TPSA) is 24.9 Å². The molecule has 1 aliphatic carbocycles. The average Bonchev–Trinajstić information content (AvgIpc) is 3.18. The Balaban J connectivity index is 1.78. The molecule has 2 heterocycles. The van der Waals surface area contributed by atoms with Gasteiger partial charge in [-0.05, 0) is 49.8 Å². The van der Waals surface area contributed by atoms with Crippen LogP contribution in [0.25, 0.3) is 10.2 Å². The molecular weight excluding hydrogens is 240 g/mol. The van der Waals surface area contributed by atoms with Gasteiger partial charge in [0, 0.05) is 12.5 Å². The maximum atomic E-state index is 4.94. The summed E-state index contributed by atoms with van der Waals surface area (Å²) in [4.78, 5) is 4.94. The molecule has 2 fully saturated rings. The lowest BCUT2D eigenvalue weighted by atomic mass is 9.91. The fraction of sp³-hybridized carbons (Fsp3) is 0.533. The third-order valence-electron chi connectivity index (χ3n) is 4.13. The number of thiazole rings is 1. The molecule has 1 atom stereocenters. The van der Waals surface area contributed by atoms with E-state index in [9.17, 15) is 0 Å². The zero-order chi connectivity index (χ0) is 11.9. The molecule has 4 rings (SSSR count). The number of benzene rings is 1. The summed E-state index contributed by atoms with van der Waals surface area (Å²) in [6.07, 6.45) is 5.29. The van der Waals surface area contributed by atoms with Crippen LogP contribution in [0.15, 0.2) is 18.2 Å². The fourth-order valence-electron chi connectivity index (χ4n) is 2.94. The molecule has 1 saturated carbocycles. The van der Waals surface area contributed by atoms with Gasteiger partial charge in [0.1, 0.15) is 0 Å². The number of nitrogens with one attached hydrogen (secondary N) is 1. The predicted octanol–water partition coefficient (Wildman–Crippen LogP) is 3.64. The van der Waals surface area contributed by atoms with Crippen molar-refractivity contribution in [1.82, 2.24) is 10.3 Å². The van der Waals surface area contributed by atoms with Crippen molar-refractivity contribution in [3.8, 4) is 0 Å². The second-order valence-electron chi connectivity index (χ2n) is 5.56. The first-order chi connectivity index (χ1) is 8.92. The number of nitrogens with zero attached hydrogens (tertiary/aromatic N) is 1. The van der Waals surface area contributed by atoms with Gasteiger partial charge in [0.2, 0.25) is 0 Å². The van der Waals surface area contributed by atoms with Crippen molar-refractivity contribution in [3.63, 3.8) is 0 Å². The molecule has 1 saturated heterocycles. The standard InChI is InChI=1S/C15H18N2S/c1-4-12(11-3-2-8-16-9-11)14-13(5-1)18-15(17-14)10-6-7-10/h1,4-5,10-11,16H,2-3,6-9H2. The van der Waals surface area contributed by atoms with E-state index in [2.05, 4.69) is 23.5 Å². The first-order valence-corrected chi connectivity index (χ1v) is 7.83. The van der Waals surface area contributed by atoms with E-state index >= 15 is 0 Å². The van der Waals surface area contributed by atoms with Gasteiger partial charge in [0.15, 0.2) is 0 Å². The Kier molecular flexibility index (Phi) is 2.63. The number of para-hydroxylation sites is 1. The van der Waals surface area contributed by atoms with Crippen LogP contribution in [-0.4, -0.2) is 18.1 Å². The van der Waals surface area contributed by atoms with E-state index in [1.54, 1.807) is 0 Å². The van der Waals surface area contributed by atoms with Crippen molar-refractivity contribution in [2.75, 3.05) is 13.1 Å². The van der Waals surface area contributed by atoms with Crippen LogP contribution in [0.2, 0.25) is 0 Å². The maximum absolute atomic E-state index is 4.94. The first-order valence-electron chi connectivity index (χ1n) is 7.02. The lowest BCUT2D eigenvalue weighted by molar-refractivity contribution is 0.463. The summed E-state index contributed by atoms with van der Waals surface area (Å²) in [5, 5.41) is 4.89. The Bertz CT molecular complexity index is 565. The summed E-state index contributed by atoms with van der Waals surface area (Å²) >= 11 is 1.91. The highest BCUT2D eigenvalue weighted by atomic mass is 32.1. The van der Waals surface area contributed by atoms with Gasteiger partial charge in [-0.3, -0.25) is 0 Å². The molecule has 0 amide bonds. The summed E-state index contributed by atoms with van der Waals surface area (Å²) in [5.41, 5.74) is 2.76. The third kappa shape index (κ3) is 1.86. The minimum absolute atomic E-state index is 0.664. The van der Waals surface area contributed by atoms with Gasteiger partial charge >= 0.3 is 0 Å². The van der Waals surface area contributed by atoms with Gasteiger partial charge < -0.3 is 5.32 Å². The Hall–Kier alpha value is -0.930. The predicted molar refractivity (Wildman–Crippen MR) is 76.4 cm³/mol. The maximum Gasteiger partial charge on any atom is 0.0969 e. The highest BCUT2D eigenvalue weighted by molar-refractivity contribution is 7.18. The summed E-state index contributed by atoms with van der Waals surface area (Å²) in [7, 11) is 0. The van der Waals surface area contributed by atoms with Crippen molar-refractivity contribution < 1.29 is 0 Å². The molecule has 18 heavy (non-hydrogen) atoms. The number of hydrogen-bond acceptors (Lipinski definition) is 3. The molecule has 1 N–H and O–H groups in total. The first kappa shape index (κ1) is 10.9. The van der Waals surface area contributed by atoms with E-state index < -0.39 is 0 Å². The highest BCUT2D eigenvalue weighted by Crippen LogP contribution is 2.44. The molecular formula is C15H18N2S. The van der Waals surface area contributed by atoms with Crippen molar-refractivity contribution >= 4 is 21.6 Å². The molecule has 0 bridgehead atoms. The van der Waals surface area contributed by atoms with Gasteiger partial charge in [-0.15, -0.1) is 11.3 Å². The van der Waals surface area contributed by atoms with Crippen molar-refractivity contribution in [3.05, 3.63) is 28.8 Å². The molecule has 2 nitrogen and oxygen atoms in total. The lowest BCUT2D eigenvalue weighted by Gasteiger charge is -2.23. The molecule has 3 heteroatoms. The van der Waals surface area contributed by atoms with Gasteiger partial charge in [-0.2, -0.15) is 0 Å². The lowest BCUT2D eigenvalue weighted by Crippen LogP contribution is -2.28. The average molecular weight is 258 g/mol. The van der Waals surface area contributed by atoms with Crippen LogP contribution in [0.1, 0.15) is 48.1 Å².